The smallest absolute Gasteiger partial charge is 0.336 e. The number of aryl methyl sites for hydroxylation is 1. The molecule has 1 saturated heterocycles. The molecule has 7 heteroatoms. The van der Waals surface area contributed by atoms with Gasteiger partial charge in [-0.1, -0.05) is 6.07 Å². The van der Waals surface area contributed by atoms with Crippen molar-refractivity contribution in [3.63, 3.8) is 0 Å². The quantitative estimate of drug-likeness (QED) is 0.705. The normalized spacial score (nSPS) is 16.5. The van der Waals surface area contributed by atoms with Crippen LogP contribution in [0, 0.1) is 12.8 Å². The molecular formula is C21H19N3O4. The molecule has 1 N–H and O–H groups in total. The van der Waals surface area contributed by atoms with Crippen LogP contribution in [0.3, 0.4) is 0 Å². The predicted octanol–water partition coefficient (Wildman–Crippen LogP) is 2.48. The molecule has 0 bridgehead atoms. The zero-order valence-corrected chi connectivity index (χ0v) is 15.3. The van der Waals surface area contributed by atoms with Gasteiger partial charge in [0.2, 0.25) is 11.8 Å². The minimum atomic E-state index is -0.430. The third kappa shape index (κ3) is 3.64. The number of carbonyl (C=O) groups excluding carboxylic acids is 2. The van der Waals surface area contributed by atoms with E-state index in [2.05, 4.69) is 10.3 Å². The van der Waals surface area contributed by atoms with E-state index >= 15 is 0 Å². The van der Waals surface area contributed by atoms with E-state index in [1.165, 1.54) is 6.07 Å². The van der Waals surface area contributed by atoms with Crippen LogP contribution in [-0.2, 0) is 16.1 Å². The van der Waals surface area contributed by atoms with Crippen molar-refractivity contribution < 1.29 is 14.0 Å². The molecule has 1 unspecified atom stereocenters. The van der Waals surface area contributed by atoms with Crippen molar-refractivity contribution >= 4 is 28.5 Å². The molecule has 1 aliphatic heterocycles. The van der Waals surface area contributed by atoms with Gasteiger partial charge in [0, 0.05) is 55.1 Å². The van der Waals surface area contributed by atoms with Gasteiger partial charge in [-0.25, -0.2) is 4.79 Å². The van der Waals surface area contributed by atoms with E-state index in [1.807, 2.05) is 19.1 Å². The minimum Gasteiger partial charge on any atom is -0.423 e. The highest BCUT2D eigenvalue weighted by molar-refractivity contribution is 5.98. The number of hydrogen-bond donors (Lipinski definition) is 1. The SMILES string of the molecule is Cc1cc(=O)oc2cc(NC(=O)C3CC(=O)N(Cc4cccnc4)C3)ccc12. The molecule has 28 heavy (non-hydrogen) atoms. The van der Waals surface area contributed by atoms with Crippen molar-refractivity contribution in [2.24, 2.45) is 5.92 Å². The first kappa shape index (κ1) is 17.9. The topological polar surface area (TPSA) is 92.5 Å². The molecule has 1 aromatic carbocycles. The fraction of sp³-hybridized carbons (Fsp3) is 0.238. The average Bonchev–Trinajstić information content (AvgIpc) is 3.03. The van der Waals surface area contributed by atoms with Gasteiger partial charge in [0.1, 0.15) is 5.58 Å². The molecule has 0 saturated carbocycles. The first-order valence-electron chi connectivity index (χ1n) is 9.01. The molecule has 3 aromatic rings. The lowest BCUT2D eigenvalue weighted by Crippen LogP contribution is -2.28. The number of pyridine rings is 1. The second-order valence-corrected chi connectivity index (χ2v) is 6.99. The molecule has 2 amide bonds. The Bertz CT molecular complexity index is 1110. The largest absolute Gasteiger partial charge is 0.423 e. The third-order valence-electron chi connectivity index (χ3n) is 4.90. The highest BCUT2D eigenvalue weighted by Crippen LogP contribution is 2.24. The second-order valence-electron chi connectivity index (χ2n) is 6.99. The molecule has 7 nitrogen and oxygen atoms in total. The number of nitrogens with zero attached hydrogens (tertiary/aromatic N) is 2. The van der Waals surface area contributed by atoms with Crippen LogP contribution in [-0.4, -0.2) is 28.2 Å². The first-order chi connectivity index (χ1) is 13.5. The summed E-state index contributed by atoms with van der Waals surface area (Å²) in [5.74, 6) is -0.704. The Balaban J connectivity index is 1.46. The number of anilines is 1. The van der Waals surface area contributed by atoms with Gasteiger partial charge in [0.15, 0.2) is 0 Å². The van der Waals surface area contributed by atoms with Crippen molar-refractivity contribution in [3.05, 3.63) is 70.3 Å². The van der Waals surface area contributed by atoms with Gasteiger partial charge in [-0.2, -0.15) is 0 Å². The number of aromatic nitrogens is 1. The number of likely N-dealkylation sites (tertiary alicyclic amines) is 1. The monoisotopic (exact) mass is 377 g/mol. The van der Waals surface area contributed by atoms with Crippen LogP contribution in [0.5, 0.6) is 0 Å². The van der Waals surface area contributed by atoms with Crippen molar-refractivity contribution in [1.82, 2.24) is 9.88 Å². The van der Waals surface area contributed by atoms with Gasteiger partial charge < -0.3 is 14.6 Å². The van der Waals surface area contributed by atoms with E-state index in [4.69, 9.17) is 4.42 Å². The second kappa shape index (κ2) is 7.26. The lowest BCUT2D eigenvalue weighted by Gasteiger charge is -2.16. The van der Waals surface area contributed by atoms with E-state index < -0.39 is 11.5 Å². The van der Waals surface area contributed by atoms with Crippen LogP contribution >= 0.6 is 0 Å². The molecule has 1 aliphatic rings. The summed E-state index contributed by atoms with van der Waals surface area (Å²) in [5.41, 5.74) is 2.27. The van der Waals surface area contributed by atoms with Crippen LogP contribution in [0.15, 0.2) is 58.0 Å². The Morgan fingerprint density at radius 1 is 1.29 bits per heavy atom. The van der Waals surface area contributed by atoms with Crippen LogP contribution in [0.2, 0.25) is 0 Å². The van der Waals surface area contributed by atoms with Crippen LogP contribution < -0.4 is 10.9 Å². The molecule has 1 atom stereocenters. The molecule has 1 fully saturated rings. The number of amides is 2. The van der Waals surface area contributed by atoms with Gasteiger partial charge in [0.05, 0.1) is 5.92 Å². The minimum absolute atomic E-state index is 0.0517. The molecule has 0 aliphatic carbocycles. The van der Waals surface area contributed by atoms with Crippen molar-refractivity contribution in [3.8, 4) is 0 Å². The van der Waals surface area contributed by atoms with Gasteiger partial charge >= 0.3 is 5.63 Å². The van der Waals surface area contributed by atoms with E-state index in [-0.39, 0.29) is 18.2 Å². The standard InChI is InChI=1S/C21H19N3O4/c1-13-7-20(26)28-18-9-16(4-5-17(13)18)23-21(27)15-8-19(25)24(12-15)11-14-3-2-6-22-10-14/h2-7,9-10,15H,8,11-12H2,1H3,(H,23,27). The van der Waals surface area contributed by atoms with E-state index in [0.717, 1.165) is 16.5 Å². The summed E-state index contributed by atoms with van der Waals surface area (Å²) >= 11 is 0. The number of carbonyl (C=O) groups is 2. The van der Waals surface area contributed by atoms with Crippen molar-refractivity contribution in [2.45, 2.75) is 19.9 Å². The average molecular weight is 377 g/mol. The molecular weight excluding hydrogens is 358 g/mol. The summed E-state index contributed by atoms with van der Waals surface area (Å²) in [7, 11) is 0. The lowest BCUT2D eigenvalue weighted by atomic mass is 10.1. The highest BCUT2D eigenvalue weighted by Gasteiger charge is 2.34. The van der Waals surface area contributed by atoms with Crippen molar-refractivity contribution in [1.29, 1.82) is 0 Å². The predicted molar refractivity (Wildman–Crippen MR) is 104 cm³/mol. The molecule has 142 valence electrons. The van der Waals surface area contributed by atoms with E-state index in [0.29, 0.717) is 24.4 Å². The highest BCUT2D eigenvalue weighted by atomic mass is 16.4. The maximum Gasteiger partial charge on any atom is 0.336 e. The fourth-order valence-electron chi connectivity index (χ4n) is 3.46. The number of rotatable bonds is 4. The van der Waals surface area contributed by atoms with Crippen molar-refractivity contribution in [2.75, 3.05) is 11.9 Å². The zero-order chi connectivity index (χ0) is 19.7. The Morgan fingerprint density at radius 2 is 2.14 bits per heavy atom. The Morgan fingerprint density at radius 3 is 2.93 bits per heavy atom. The Labute approximate surface area is 161 Å². The zero-order valence-electron chi connectivity index (χ0n) is 15.3. The third-order valence-corrected chi connectivity index (χ3v) is 4.90. The molecule has 3 heterocycles. The van der Waals surface area contributed by atoms with Crippen LogP contribution in [0.4, 0.5) is 5.69 Å². The number of nitrogens with one attached hydrogen (secondary N) is 1. The number of hydrogen-bond acceptors (Lipinski definition) is 5. The Kier molecular flexibility index (Phi) is 4.65. The fourth-order valence-corrected chi connectivity index (χ4v) is 3.46. The van der Waals surface area contributed by atoms with Gasteiger partial charge in [-0.15, -0.1) is 0 Å². The Hall–Kier alpha value is -3.48. The molecule has 4 rings (SSSR count). The summed E-state index contributed by atoms with van der Waals surface area (Å²) < 4.78 is 5.22. The van der Waals surface area contributed by atoms with Crippen LogP contribution in [0.25, 0.3) is 11.0 Å². The number of fused-ring (bicyclic) bond motifs is 1. The van der Waals surface area contributed by atoms with E-state index in [1.54, 1.807) is 35.5 Å². The summed E-state index contributed by atoms with van der Waals surface area (Å²) in [6.45, 7) is 2.64. The molecule has 0 spiro atoms. The van der Waals surface area contributed by atoms with Crippen LogP contribution in [0.1, 0.15) is 17.5 Å². The lowest BCUT2D eigenvalue weighted by molar-refractivity contribution is -0.128. The first-order valence-corrected chi connectivity index (χ1v) is 9.01. The molecule has 0 radical (unpaired) electrons. The van der Waals surface area contributed by atoms with Gasteiger partial charge in [-0.05, 0) is 36.2 Å². The molecule has 2 aromatic heterocycles. The summed E-state index contributed by atoms with van der Waals surface area (Å²) in [6.07, 6.45) is 3.57. The number of benzene rings is 1. The summed E-state index contributed by atoms with van der Waals surface area (Å²) in [4.78, 5) is 42.2. The van der Waals surface area contributed by atoms with Gasteiger partial charge in [0.25, 0.3) is 0 Å². The summed E-state index contributed by atoms with van der Waals surface area (Å²) in [6, 6.07) is 10.3. The van der Waals surface area contributed by atoms with Gasteiger partial charge in [-0.3, -0.25) is 14.6 Å². The summed E-state index contributed by atoms with van der Waals surface area (Å²) in [5, 5.41) is 3.64. The van der Waals surface area contributed by atoms with E-state index in [9.17, 15) is 14.4 Å². The maximum absolute atomic E-state index is 12.6. The maximum atomic E-state index is 12.6.